The Labute approximate surface area is 187 Å². The van der Waals surface area contributed by atoms with Gasteiger partial charge in [-0.2, -0.15) is 0 Å². The first kappa shape index (κ1) is 23.8. The number of aryl methyl sites for hydroxylation is 1. The Hall–Kier alpha value is -1.89. The zero-order chi connectivity index (χ0) is 22.6. The van der Waals surface area contributed by atoms with E-state index in [1.54, 1.807) is 7.05 Å². The van der Waals surface area contributed by atoms with Crippen LogP contribution in [0.2, 0.25) is 0 Å². The molecular formula is C24H41N5O2. The SMILES string of the molecule is CNC(=O)[C@@H](NC(=O)c1nc(CCC2CCCCC2)n2c1CN(C)CCC2)C(C)(C)C. The molecule has 7 heteroatoms. The molecule has 2 amide bonds. The molecule has 174 valence electrons. The van der Waals surface area contributed by atoms with Crippen LogP contribution in [-0.4, -0.2) is 52.9 Å². The van der Waals surface area contributed by atoms with E-state index in [1.165, 1.54) is 32.1 Å². The number of fused-ring (bicyclic) bond motifs is 1. The number of nitrogens with one attached hydrogen (secondary N) is 2. The van der Waals surface area contributed by atoms with E-state index in [1.807, 2.05) is 20.8 Å². The van der Waals surface area contributed by atoms with E-state index in [0.717, 1.165) is 49.8 Å². The second-order valence-corrected chi connectivity index (χ2v) is 10.5. The summed E-state index contributed by atoms with van der Waals surface area (Å²) in [6.07, 6.45) is 9.83. The van der Waals surface area contributed by atoms with Gasteiger partial charge >= 0.3 is 0 Å². The summed E-state index contributed by atoms with van der Waals surface area (Å²) in [5.74, 6) is 1.39. The third-order valence-corrected chi connectivity index (χ3v) is 6.86. The lowest BCUT2D eigenvalue weighted by molar-refractivity contribution is -0.124. The van der Waals surface area contributed by atoms with Crippen molar-refractivity contribution in [1.29, 1.82) is 0 Å². The molecule has 1 saturated carbocycles. The molecule has 1 fully saturated rings. The number of carbonyl (C=O) groups is 2. The average molecular weight is 432 g/mol. The zero-order valence-corrected chi connectivity index (χ0v) is 20.1. The summed E-state index contributed by atoms with van der Waals surface area (Å²) in [6, 6.07) is -0.614. The van der Waals surface area contributed by atoms with Crippen LogP contribution in [0, 0.1) is 11.3 Å². The van der Waals surface area contributed by atoms with Crippen molar-refractivity contribution in [3.63, 3.8) is 0 Å². The van der Waals surface area contributed by atoms with Crippen LogP contribution in [-0.2, 0) is 24.3 Å². The molecule has 3 rings (SSSR count). The molecule has 2 aliphatic rings. The van der Waals surface area contributed by atoms with Gasteiger partial charge in [-0.25, -0.2) is 4.98 Å². The van der Waals surface area contributed by atoms with E-state index in [4.69, 9.17) is 4.98 Å². The summed E-state index contributed by atoms with van der Waals surface area (Å²) >= 11 is 0. The second kappa shape index (κ2) is 10.2. The third-order valence-electron chi connectivity index (χ3n) is 6.86. The van der Waals surface area contributed by atoms with E-state index in [0.29, 0.717) is 12.2 Å². The molecule has 1 aliphatic carbocycles. The van der Waals surface area contributed by atoms with Crippen LogP contribution in [0.3, 0.4) is 0 Å². The predicted molar refractivity (Wildman–Crippen MR) is 123 cm³/mol. The number of amides is 2. The van der Waals surface area contributed by atoms with Gasteiger partial charge in [0.25, 0.3) is 5.91 Å². The van der Waals surface area contributed by atoms with Crippen molar-refractivity contribution >= 4 is 11.8 Å². The molecule has 0 aromatic carbocycles. The van der Waals surface area contributed by atoms with Crippen molar-refractivity contribution in [2.75, 3.05) is 20.6 Å². The van der Waals surface area contributed by atoms with Crippen molar-refractivity contribution in [3.8, 4) is 0 Å². The van der Waals surface area contributed by atoms with Crippen LogP contribution in [0.4, 0.5) is 0 Å². The van der Waals surface area contributed by atoms with Gasteiger partial charge in [0.15, 0.2) is 5.69 Å². The summed E-state index contributed by atoms with van der Waals surface area (Å²) in [5, 5.41) is 5.66. The first-order valence-corrected chi connectivity index (χ1v) is 12.0. The Balaban J connectivity index is 1.85. The predicted octanol–water partition coefficient (Wildman–Crippen LogP) is 3.12. The molecule has 1 aliphatic heterocycles. The van der Waals surface area contributed by atoms with Crippen molar-refractivity contribution in [2.24, 2.45) is 11.3 Å². The van der Waals surface area contributed by atoms with Crippen molar-refractivity contribution < 1.29 is 9.59 Å². The molecule has 0 saturated heterocycles. The standard InChI is InChI=1S/C24H41N5O2/c1-24(2,3)21(23(31)25-4)27-22(30)20-18-16-28(5)14-9-15-29(18)19(26-20)13-12-17-10-7-6-8-11-17/h17,21H,6-16H2,1-5H3,(H,25,31)(H,27,30)/t21-/m1/s1. The van der Waals surface area contributed by atoms with Crippen LogP contribution in [0.25, 0.3) is 0 Å². The van der Waals surface area contributed by atoms with Crippen LogP contribution in [0.15, 0.2) is 0 Å². The van der Waals surface area contributed by atoms with Gasteiger partial charge in [0.2, 0.25) is 5.91 Å². The van der Waals surface area contributed by atoms with Gasteiger partial charge in [0.1, 0.15) is 11.9 Å². The molecule has 2 heterocycles. The number of carbonyl (C=O) groups excluding carboxylic acids is 2. The average Bonchev–Trinajstić information content (AvgIpc) is 2.94. The van der Waals surface area contributed by atoms with Gasteiger partial charge < -0.3 is 20.1 Å². The van der Waals surface area contributed by atoms with E-state index in [-0.39, 0.29) is 11.8 Å². The quantitative estimate of drug-likeness (QED) is 0.725. The van der Waals surface area contributed by atoms with Gasteiger partial charge in [-0.3, -0.25) is 9.59 Å². The van der Waals surface area contributed by atoms with Crippen molar-refractivity contribution in [1.82, 2.24) is 25.1 Å². The smallest absolute Gasteiger partial charge is 0.272 e. The maximum atomic E-state index is 13.3. The van der Waals surface area contributed by atoms with Gasteiger partial charge in [0, 0.05) is 26.6 Å². The summed E-state index contributed by atoms with van der Waals surface area (Å²) < 4.78 is 2.28. The monoisotopic (exact) mass is 431 g/mol. The molecule has 0 spiro atoms. The van der Waals surface area contributed by atoms with Gasteiger partial charge in [-0.15, -0.1) is 0 Å². The van der Waals surface area contributed by atoms with Gasteiger partial charge in [-0.05, 0) is 37.8 Å². The number of likely N-dealkylation sites (N-methyl/N-ethyl adjacent to an activating group) is 1. The number of imidazole rings is 1. The fourth-order valence-corrected chi connectivity index (χ4v) is 5.00. The maximum Gasteiger partial charge on any atom is 0.272 e. The topological polar surface area (TPSA) is 79.3 Å². The fraction of sp³-hybridized carbons (Fsp3) is 0.792. The minimum absolute atomic E-state index is 0.180. The van der Waals surface area contributed by atoms with Crippen LogP contribution >= 0.6 is 0 Å². The number of aromatic nitrogens is 2. The number of nitrogens with zero attached hydrogens (tertiary/aromatic N) is 3. The van der Waals surface area contributed by atoms with Gasteiger partial charge in [0.05, 0.1) is 5.69 Å². The Morgan fingerprint density at radius 1 is 1.13 bits per heavy atom. The molecule has 1 atom stereocenters. The molecular weight excluding hydrogens is 390 g/mol. The van der Waals surface area contributed by atoms with Crippen molar-refractivity contribution in [3.05, 3.63) is 17.2 Å². The van der Waals surface area contributed by atoms with Crippen LogP contribution < -0.4 is 10.6 Å². The van der Waals surface area contributed by atoms with Crippen molar-refractivity contribution in [2.45, 2.75) is 91.3 Å². The Morgan fingerprint density at radius 2 is 1.84 bits per heavy atom. The molecule has 0 unspecified atom stereocenters. The summed E-state index contributed by atoms with van der Waals surface area (Å²) in [4.78, 5) is 32.9. The summed E-state index contributed by atoms with van der Waals surface area (Å²) in [6.45, 7) is 8.50. The van der Waals surface area contributed by atoms with Crippen LogP contribution in [0.5, 0.6) is 0 Å². The Kier molecular flexibility index (Phi) is 7.78. The lowest BCUT2D eigenvalue weighted by atomic mass is 9.86. The minimum atomic E-state index is -0.614. The highest BCUT2D eigenvalue weighted by Gasteiger charge is 2.34. The molecule has 0 radical (unpaired) electrons. The fourth-order valence-electron chi connectivity index (χ4n) is 5.00. The summed E-state index contributed by atoms with van der Waals surface area (Å²) in [5.41, 5.74) is 1.08. The molecule has 0 bridgehead atoms. The minimum Gasteiger partial charge on any atom is -0.357 e. The highest BCUT2D eigenvalue weighted by molar-refractivity contribution is 5.97. The van der Waals surface area contributed by atoms with E-state index in [2.05, 4.69) is 27.1 Å². The first-order valence-electron chi connectivity index (χ1n) is 12.0. The zero-order valence-electron chi connectivity index (χ0n) is 20.1. The lowest BCUT2D eigenvalue weighted by Crippen LogP contribution is -2.53. The van der Waals surface area contributed by atoms with E-state index < -0.39 is 11.5 Å². The highest BCUT2D eigenvalue weighted by Crippen LogP contribution is 2.28. The maximum absolute atomic E-state index is 13.3. The Bertz CT molecular complexity index is 774. The lowest BCUT2D eigenvalue weighted by Gasteiger charge is -2.29. The number of hydrogen-bond donors (Lipinski definition) is 2. The molecule has 31 heavy (non-hydrogen) atoms. The van der Waals surface area contributed by atoms with E-state index in [9.17, 15) is 9.59 Å². The number of hydrogen-bond acceptors (Lipinski definition) is 4. The largest absolute Gasteiger partial charge is 0.357 e. The van der Waals surface area contributed by atoms with Crippen LogP contribution in [0.1, 0.15) is 87.7 Å². The van der Waals surface area contributed by atoms with Gasteiger partial charge in [-0.1, -0.05) is 52.9 Å². The molecule has 2 N–H and O–H groups in total. The first-order chi connectivity index (χ1) is 14.7. The third kappa shape index (κ3) is 5.88. The molecule has 7 nitrogen and oxygen atoms in total. The second-order valence-electron chi connectivity index (χ2n) is 10.5. The number of rotatable bonds is 6. The van der Waals surface area contributed by atoms with E-state index >= 15 is 0 Å². The molecule has 1 aromatic heterocycles. The summed E-state index contributed by atoms with van der Waals surface area (Å²) in [7, 11) is 3.70. The normalized spacial score (nSPS) is 19.4. The highest BCUT2D eigenvalue weighted by atomic mass is 16.2. The molecule has 1 aromatic rings. The Morgan fingerprint density at radius 3 is 2.48 bits per heavy atom.